The fraction of sp³-hybridized carbons (Fsp3) is 0.435. The van der Waals surface area contributed by atoms with Gasteiger partial charge in [0, 0.05) is 73.8 Å². The molecule has 0 bridgehead atoms. The molecular formula is C23H30N8. The molecule has 1 aromatic carbocycles. The van der Waals surface area contributed by atoms with E-state index in [1.54, 1.807) is 12.7 Å². The second-order valence-corrected chi connectivity index (χ2v) is 8.53. The van der Waals surface area contributed by atoms with Crippen LogP contribution in [0.4, 0.5) is 0 Å². The van der Waals surface area contributed by atoms with Crippen molar-refractivity contribution in [3.63, 3.8) is 0 Å². The molecule has 8 heteroatoms. The highest BCUT2D eigenvalue weighted by Crippen LogP contribution is 2.23. The molecule has 1 aliphatic rings. The van der Waals surface area contributed by atoms with Crippen molar-refractivity contribution in [2.24, 2.45) is 0 Å². The van der Waals surface area contributed by atoms with Crippen LogP contribution < -0.4 is 0 Å². The van der Waals surface area contributed by atoms with E-state index in [4.69, 9.17) is 0 Å². The lowest BCUT2D eigenvalue weighted by Crippen LogP contribution is -2.47. The maximum Gasteiger partial charge on any atom is 0.123 e. The average Bonchev–Trinajstić information content (AvgIpc) is 3.56. The van der Waals surface area contributed by atoms with E-state index in [-0.39, 0.29) is 0 Å². The molecule has 162 valence electrons. The normalized spacial score (nSPS) is 16.8. The fourth-order valence-electron chi connectivity index (χ4n) is 4.58. The molecule has 0 spiro atoms. The lowest BCUT2D eigenvalue weighted by Gasteiger charge is -2.35. The Labute approximate surface area is 182 Å². The van der Waals surface area contributed by atoms with E-state index >= 15 is 0 Å². The van der Waals surface area contributed by atoms with Crippen molar-refractivity contribution in [3.8, 4) is 5.69 Å². The van der Waals surface area contributed by atoms with Gasteiger partial charge in [-0.1, -0.05) is 6.92 Å². The smallest absolute Gasteiger partial charge is 0.123 e. The lowest BCUT2D eigenvalue weighted by molar-refractivity contribution is 0.126. The second-order valence-electron chi connectivity index (χ2n) is 8.53. The van der Waals surface area contributed by atoms with E-state index in [1.165, 1.54) is 22.9 Å². The van der Waals surface area contributed by atoms with Crippen molar-refractivity contribution in [1.82, 2.24) is 39.5 Å². The van der Waals surface area contributed by atoms with Gasteiger partial charge in [0.05, 0.1) is 0 Å². The van der Waals surface area contributed by atoms with Gasteiger partial charge >= 0.3 is 0 Å². The number of aryl methyl sites for hydroxylation is 1. The Balaban J connectivity index is 1.11. The van der Waals surface area contributed by atoms with Crippen LogP contribution in [0.15, 0.2) is 49.4 Å². The summed E-state index contributed by atoms with van der Waals surface area (Å²) in [6.07, 6.45) is 11.6. The largest absolute Gasteiger partial charge is 0.361 e. The summed E-state index contributed by atoms with van der Waals surface area (Å²) in [6.45, 7) is 9.06. The topological polar surface area (TPSA) is 81.7 Å². The van der Waals surface area contributed by atoms with Crippen molar-refractivity contribution in [3.05, 3.63) is 60.8 Å². The van der Waals surface area contributed by atoms with Crippen LogP contribution in [-0.4, -0.2) is 78.8 Å². The number of aromatic nitrogens is 6. The number of imidazole rings is 1. The first-order valence-corrected chi connectivity index (χ1v) is 11.2. The van der Waals surface area contributed by atoms with E-state index in [0.29, 0.717) is 5.92 Å². The van der Waals surface area contributed by atoms with Gasteiger partial charge in [-0.05, 0) is 43.1 Å². The third-order valence-corrected chi connectivity index (χ3v) is 6.37. The highest BCUT2D eigenvalue weighted by Gasteiger charge is 2.19. The Morgan fingerprint density at radius 3 is 2.61 bits per heavy atom. The predicted octanol–water partition coefficient (Wildman–Crippen LogP) is 2.83. The maximum absolute atomic E-state index is 4.40. The molecule has 1 fully saturated rings. The number of benzene rings is 1. The van der Waals surface area contributed by atoms with Crippen molar-refractivity contribution < 1.29 is 0 Å². The van der Waals surface area contributed by atoms with Crippen LogP contribution in [0.25, 0.3) is 16.6 Å². The van der Waals surface area contributed by atoms with E-state index in [9.17, 15) is 0 Å². The Morgan fingerprint density at radius 1 is 1.03 bits per heavy atom. The predicted molar refractivity (Wildman–Crippen MR) is 121 cm³/mol. The quantitative estimate of drug-likeness (QED) is 0.460. The zero-order valence-corrected chi connectivity index (χ0v) is 18.0. The third-order valence-electron chi connectivity index (χ3n) is 6.37. The minimum absolute atomic E-state index is 0.450. The van der Waals surface area contributed by atoms with Gasteiger partial charge in [-0.2, -0.15) is 0 Å². The third kappa shape index (κ3) is 4.55. The van der Waals surface area contributed by atoms with Crippen molar-refractivity contribution in [1.29, 1.82) is 0 Å². The summed E-state index contributed by atoms with van der Waals surface area (Å²) < 4.78 is 1.95. The Bertz CT molecular complexity index is 1070. The van der Waals surface area contributed by atoms with Crippen LogP contribution in [0.1, 0.15) is 30.7 Å². The van der Waals surface area contributed by atoms with Crippen LogP contribution >= 0.6 is 0 Å². The molecule has 0 amide bonds. The van der Waals surface area contributed by atoms with Gasteiger partial charge in [-0.3, -0.25) is 4.57 Å². The first-order valence-electron chi connectivity index (χ1n) is 11.2. The molecule has 5 rings (SSSR count). The maximum atomic E-state index is 4.40. The summed E-state index contributed by atoms with van der Waals surface area (Å²) in [5.74, 6) is 1.54. The van der Waals surface area contributed by atoms with Crippen LogP contribution in [0.5, 0.6) is 0 Å². The molecule has 1 unspecified atom stereocenters. The summed E-state index contributed by atoms with van der Waals surface area (Å²) in [6, 6.07) is 6.46. The number of piperazine rings is 1. The van der Waals surface area contributed by atoms with Crippen molar-refractivity contribution in [2.45, 2.75) is 25.7 Å². The van der Waals surface area contributed by atoms with Crippen LogP contribution in [0.2, 0.25) is 0 Å². The molecule has 0 saturated carbocycles. The number of rotatable bonds is 8. The zero-order valence-electron chi connectivity index (χ0n) is 18.0. The monoisotopic (exact) mass is 418 g/mol. The SMILES string of the molecule is CC(CN1CCN(CCCc2c[nH]c3ccc(-n4cnnc4)cc23)CC1)c1ncc[nH]1. The summed E-state index contributed by atoms with van der Waals surface area (Å²) in [5.41, 5.74) is 3.67. The standard InChI is InChI=1S/C23H30N8/c1-18(23-24-6-7-25-23)15-30-11-9-29(10-12-30)8-2-3-19-14-26-22-5-4-20(13-21(19)22)31-16-27-28-17-31/h4-7,13-14,16-18,26H,2-3,8-12,15H2,1H3,(H,24,25). The minimum atomic E-state index is 0.450. The molecule has 0 radical (unpaired) electrons. The fourth-order valence-corrected chi connectivity index (χ4v) is 4.58. The van der Waals surface area contributed by atoms with E-state index in [2.05, 4.69) is 66.3 Å². The molecule has 1 atom stereocenters. The Morgan fingerprint density at radius 2 is 1.84 bits per heavy atom. The molecule has 1 saturated heterocycles. The van der Waals surface area contributed by atoms with E-state index in [0.717, 1.165) is 57.2 Å². The van der Waals surface area contributed by atoms with Gasteiger partial charge in [0.1, 0.15) is 18.5 Å². The Kier molecular flexibility index (Phi) is 5.82. The van der Waals surface area contributed by atoms with Gasteiger partial charge < -0.3 is 19.8 Å². The summed E-state index contributed by atoms with van der Waals surface area (Å²) in [7, 11) is 0. The lowest BCUT2D eigenvalue weighted by atomic mass is 10.1. The number of hydrogen-bond acceptors (Lipinski definition) is 5. The number of nitrogens with zero attached hydrogens (tertiary/aromatic N) is 6. The van der Waals surface area contributed by atoms with E-state index in [1.807, 2.05) is 17.0 Å². The van der Waals surface area contributed by atoms with Gasteiger partial charge in [-0.15, -0.1) is 10.2 Å². The molecule has 1 aliphatic heterocycles. The number of aromatic amines is 2. The molecular weight excluding hydrogens is 388 g/mol. The summed E-state index contributed by atoms with van der Waals surface area (Å²) in [4.78, 5) is 16.2. The number of nitrogens with one attached hydrogen (secondary N) is 2. The molecule has 8 nitrogen and oxygen atoms in total. The summed E-state index contributed by atoms with van der Waals surface area (Å²) >= 11 is 0. The van der Waals surface area contributed by atoms with Crippen LogP contribution in [-0.2, 0) is 6.42 Å². The highest BCUT2D eigenvalue weighted by molar-refractivity contribution is 5.85. The van der Waals surface area contributed by atoms with Crippen LogP contribution in [0, 0.1) is 0 Å². The number of hydrogen-bond donors (Lipinski definition) is 2. The Hall–Kier alpha value is -2.97. The van der Waals surface area contributed by atoms with Gasteiger partial charge in [-0.25, -0.2) is 4.98 Å². The number of H-pyrrole nitrogens is 2. The average molecular weight is 419 g/mol. The minimum Gasteiger partial charge on any atom is -0.361 e. The van der Waals surface area contributed by atoms with Gasteiger partial charge in [0.2, 0.25) is 0 Å². The van der Waals surface area contributed by atoms with Crippen LogP contribution in [0.3, 0.4) is 0 Å². The molecule has 3 aromatic heterocycles. The van der Waals surface area contributed by atoms with E-state index < -0.39 is 0 Å². The summed E-state index contributed by atoms with van der Waals surface area (Å²) in [5, 5.41) is 9.13. The molecule has 2 N–H and O–H groups in total. The molecule has 4 heterocycles. The molecule has 31 heavy (non-hydrogen) atoms. The highest BCUT2D eigenvalue weighted by atomic mass is 15.3. The zero-order chi connectivity index (χ0) is 21.0. The van der Waals surface area contributed by atoms with Gasteiger partial charge in [0.15, 0.2) is 0 Å². The van der Waals surface area contributed by atoms with Crippen molar-refractivity contribution >= 4 is 10.9 Å². The first-order chi connectivity index (χ1) is 15.3. The molecule has 0 aliphatic carbocycles. The second kappa shape index (κ2) is 9.03. The van der Waals surface area contributed by atoms with Gasteiger partial charge in [0.25, 0.3) is 0 Å². The molecule has 4 aromatic rings. The number of fused-ring (bicyclic) bond motifs is 1. The first kappa shape index (κ1) is 20.0. The van der Waals surface area contributed by atoms with Crippen molar-refractivity contribution in [2.75, 3.05) is 39.3 Å².